The molecule has 2 rings (SSSR count). The van der Waals surface area contributed by atoms with Crippen LogP contribution in [-0.4, -0.2) is 12.0 Å². The first-order valence-electron chi connectivity index (χ1n) is 7.51. The Labute approximate surface area is 131 Å². The van der Waals surface area contributed by atoms with Crippen molar-refractivity contribution in [3.63, 3.8) is 0 Å². The molecule has 0 spiro atoms. The number of nitrogens with one attached hydrogen (secondary N) is 1. The topological polar surface area (TPSA) is 51.5 Å². The lowest BCUT2D eigenvalue weighted by Crippen LogP contribution is -2.23. The molecule has 4 nitrogen and oxygen atoms in total. The highest BCUT2D eigenvalue weighted by Gasteiger charge is 2.13. The van der Waals surface area contributed by atoms with Crippen LogP contribution < -0.4 is 5.32 Å². The van der Waals surface area contributed by atoms with Crippen LogP contribution in [0.5, 0.6) is 0 Å². The molecule has 4 heteroatoms. The molecule has 0 atom stereocenters. The summed E-state index contributed by atoms with van der Waals surface area (Å²) in [4.78, 5) is 12.2. The summed E-state index contributed by atoms with van der Waals surface area (Å²) in [5, 5.41) is 2.94. The van der Waals surface area contributed by atoms with Crippen LogP contribution in [0.2, 0.25) is 0 Å². The Morgan fingerprint density at radius 3 is 2.50 bits per heavy atom. The van der Waals surface area contributed by atoms with Crippen molar-refractivity contribution in [3.05, 3.63) is 58.5 Å². The third kappa shape index (κ3) is 4.21. The third-order valence-corrected chi connectivity index (χ3v) is 3.42. The fraction of sp³-hybridized carbons (Fsp3) is 0.389. The average Bonchev–Trinajstić information content (AvgIpc) is 2.82. The summed E-state index contributed by atoms with van der Waals surface area (Å²) in [7, 11) is 0. The largest absolute Gasteiger partial charge is 0.466 e. The van der Waals surface area contributed by atoms with E-state index in [9.17, 15) is 4.79 Å². The summed E-state index contributed by atoms with van der Waals surface area (Å²) >= 11 is 0. The van der Waals surface area contributed by atoms with E-state index >= 15 is 0 Å². The predicted molar refractivity (Wildman–Crippen MR) is 85.7 cm³/mol. The first-order chi connectivity index (χ1) is 10.5. The van der Waals surface area contributed by atoms with Gasteiger partial charge in [0.2, 0.25) is 0 Å². The maximum atomic E-state index is 12.2. The van der Waals surface area contributed by atoms with Crippen LogP contribution >= 0.6 is 0 Å². The molecule has 1 aromatic heterocycles. The van der Waals surface area contributed by atoms with Crippen LogP contribution in [0, 0.1) is 13.8 Å². The van der Waals surface area contributed by atoms with Crippen molar-refractivity contribution >= 4 is 5.91 Å². The number of benzene rings is 1. The van der Waals surface area contributed by atoms with Gasteiger partial charge < -0.3 is 14.5 Å². The first kappa shape index (κ1) is 16.3. The maximum absolute atomic E-state index is 12.2. The number of carbonyl (C=O) groups excluding carboxylic acids is 1. The standard InChI is InChI=1S/C18H23NO3/c1-12(2)21-11-16-8-6-5-7-15(16)10-19-18(20)17-9-13(3)22-14(17)4/h5-9,12H,10-11H2,1-4H3,(H,19,20). The van der Waals surface area contributed by atoms with Crippen LogP contribution in [0.4, 0.5) is 0 Å². The Kier molecular flexibility index (Phi) is 5.39. The van der Waals surface area contributed by atoms with Gasteiger partial charge in [0.1, 0.15) is 11.5 Å². The minimum absolute atomic E-state index is 0.117. The Hall–Kier alpha value is -2.07. The summed E-state index contributed by atoms with van der Waals surface area (Å²) in [6.07, 6.45) is 0.180. The van der Waals surface area contributed by atoms with Gasteiger partial charge in [0, 0.05) is 6.54 Å². The van der Waals surface area contributed by atoms with Gasteiger partial charge in [-0.1, -0.05) is 24.3 Å². The zero-order valence-corrected chi connectivity index (χ0v) is 13.6. The zero-order valence-electron chi connectivity index (χ0n) is 13.6. The zero-order chi connectivity index (χ0) is 16.1. The number of hydrogen-bond donors (Lipinski definition) is 1. The second-order valence-electron chi connectivity index (χ2n) is 5.64. The summed E-state index contributed by atoms with van der Waals surface area (Å²) < 4.78 is 11.1. The Morgan fingerprint density at radius 1 is 1.23 bits per heavy atom. The Morgan fingerprint density at radius 2 is 1.91 bits per heavy atom. The van der Waals surface area contributed by atoms with E-state index in [1.165, 1.54) is 0 Å². The Balaban J connectivity index is 2.02. The van der Waals surface area contributed by atoms with E-state index in [0.717, 1.165) is 16.9 Å². The highest BCUT2D eigenvalue weighted by atomic mass is 16.5. The van der Waals surface area contributed by atoms with Gasteiger partial charge in [0.25, 0.3) is 5.91 Å². The molecule has 118 valence electrons. The van der Waals surface area contributed by atoms with Gasteiger partial charge in [-0.25, -0.2) is 0 Å². The molecule has 0 aliphatic carbocycles. The minimum atomic E-state index is -0.117. The molecule has 1 N–H and O–H groups in total. The van der Waals surface area contributed by atoms with Crippen molar-refractivity contribution < 1.29 is 13.9 Å². The fourth-order valence-electron chi connectivity index (χ4n) is 2.25. The number of rotatable bonds is 6. The van der Waals surface area contributed by atoms with Gasteiger partial charge in [-0.2, -0.15) is 0 Å². The third-order valence-electron chi connectivity index (χ3n) is 3.42. The molecule has 0 fully saturated rings. The molecule has 1 aromatic carbocycles. The van der Waals surface area contributed by atoms with Gasteiger partial charge in [0.05, 0.1) is 18.3 Å². The monoisotopic (exact) mass is 301 g/mol. The summed E-state index contributed by atoms with van der Waals surface area (Å²) in [5.74, 6) is 1.27. The lowest BCUT2D eigenvalue weighted by Gasteiger charge is -2.12. The molecular weight excluding hydrogens is 278 g/mol. The highest BCUT2D eigenvalue weighted by molar-refractivity contribution is 5.95. The van der Waals surface area contributed by atoms with Gasteiger partial charge >= 0.3 is 0 Å². The molecule has 22 heavy (non-hydrogen) atoms. The second kappa shape index (κ2) is 7.27. The normalized spacial score (nSPS) is 11.0. The van der Waals surface area contributed by atoms with Crippen LogP contribution in [0.1, 0.15) is 46.9 Å². The van der Waals surface area contributed by atoms with Crippen molar-refractivity contribution in [3.8, 4) is 0 Å². The van der Waals surface area contributed by atoms with Crippen LogP contribution in [0.15, 0.2) is 34.7 Å². The van der Waals surface area contributed by atoms with Gasteiger partial charge in [-0.15, -0.1) is 0 Å². The Bertz CT molecular complexity index is 644. The van der Waals surface area contributed by atoms with Crippen LogP contribution in [0.3, 0.4) is 0 Å². The number of furan rings is 1. The van der Waals surface area contributed by atoms with Gasteiger partial charge in [0.15, 0.2) is 0 Å². The van der Waals surface area contributed by atoms with Crippen molar-refractivity contribution in [2.75, 3.05) is 0 Å². The van der Waals surface area contributed by atoms with E-state index in [2.05, 4.69) is 5.32 Å². The number of aryl methyl sites for hydroxylation is 2. The number of hydrogen-bond acceptors (Lipinski definition) is 3. The van der Waals surface area contributed by atoms with Crippen molar-refractivity contribution in [2.45, 2.75) is 47.0 Å². The lowest BCUT2D eigenvalue weighted by molar-refractivity contribution is 0.0651. The molecular formula is C18H23NO3. The second-order valence-corrected chi connectivity index (χ2v) is 5.64. The molecule has 1 heterocycles. The molecule has 0 saturated carbocycles. The molecule has 1 amide bonds. The predicted octanol–water partition coefficient (Wildman–Crippen LogP) is 3.75. The van der Waals surface area contributed by atoms with E-state index < -0.39 is 0 Å². The molecule has 0 radical (unpaired) electrons. The average molecular weight is 301 g/mol. The molecule has 0 aliphatic heterocycles. The number of carbonyl (C=O) groups is 1. The van der Waals surface area contributed by atoms with Gasteiger partial charge in [-0.05, 0) is 44.9 Å². The highest BCUT2D eigenvalue weighted by Crippen LogP contribution is 2.15. The lowest BCUT2D eigenvalue weighted by atomic mass is 10.1. The summed E-state index contributed by atoms with van der Waals surface area (Å²) in [6, 6.07) is 9.74. The molecule has 0 bridgehead atoms. The van der Waals surface area contributed by atoms with Crippen molar-refractivity contribution in [2.24, 2.45) is 0 Å². The molecule has 2 aromatic rings. The fourth-order valence-corrected chi connectivity index (χ4v) is 2.25. The summed E-state index contributed by atoms with van der Waals surface area (Å²) in [6.45, 7) is 8.67. The van der Waals surface area contributed by atoms with E-state index in [4.69, 9.17) is 9.15 Å². The first-order valence-corrected chi connectivity index (χ1v) is 7.51. The van der Waals surface area contributed by atoms with Gasteiger partial charge in [-0.3, -0.25) is 4.79 Å². The van der Waals surface area contributed by atoms with E-state index in [1.807, 2.05) is 45.0 Å². The van der Waals surface area contributed by atoms with Crippen molar-refractivity contribution in [1.82, 2.24) is 5.32 Å². The summed E-state index contributed by atoms with van der Waals surface area (Å²) in [5.41, 5.74) is 2.75. The van der Waals surface area contributed by atoms with Crippen molar-refractivity contribution in [1.29, 1.82) is 0 Å². The van der Waals surface area contributed by atoms with E-state index in [-0.39, 0.29) is 12.0 Å². The SMILES string of the molecule is Cc1cc(C(=O)NCc2ccccc2COC(C)C)c(C)o1. The molecule has 0 unspecified atom stereocenters. The van der Waals surface area contributed by atoms with E-state index in [1.54, 1.807) is 13.0 Å². The van der Waals surface area contributed by atoms with E-state index in [0.29, 0.717) is 24.5 Å². The molecule has 0 aliphatic rings. The smallest absolute Gasteiger partial charge is 0.255 e. The minimum Gasteiger partial charge on any atom is -0.466 e. The maximum Gasteiger partial charge on any atom is 0.255 e. The number of ether oxygens (including phenoxy) is 1. The number of amides is 1. The quantitative estimate of drug-likeness (QED) is 0.884. The molecule has 0 saturated heterocycles. The van der Waals surface area contributed by atoms with Crippen LogP contribution in [0.25, 0.3) is 0 Å². The van der Waals surface area contributed by atoms with Crippen LogP contribution in [-0.2, 0) is 17.9 Å².